The maximum Gasteiger partial charge on any atom is 0.352 e. The van der Waals surface area contributed by atoms with Gasteiger partial charge < -0.3 is 10.6 Å². The number of nitrogens with one attached hydrogen (secondary N) is 2. The summed E-state index contributed by atoms with van der Waals surface area (Å²) in [7, 11) is 0. The minimum atomic E-state index is -0.813. The van der Waals surface area contributed by atoms with Gasteiger partial charge in [-0.25, -0.2) is 28.4 Å². The number of halogens is 2. The van der Waals surface area contributed by atoms with Gasteiger partial charge in [-0.05, 0) is 37.6 Å². The topological polar surface area (TPSA) is 146 Å². The van der Waals surface area contributed by atoms with E-state index >= 15 is 0 Å². The van der Waals surface area contributed by atoms with Gasteiger partial charge in [-0.15, -0.1) is 5.10 Å². The number of nitriles is 1. The van der Waals surface area contributed by atoms with E-state index in [4.69, 9.17) is 5.26 Å². The highest BCUT2D eigenvalue weighted by Gasteiger charge is 2.28. The van der Waals surface area contributed by atoms with E-state index in [0.717, 1.165) is 16.9 Å². The smallest absolute Gasteiger partial charge is 0.352 e. The van der Waals surface area contributed by atoms with E-state index in [9.17, 15) is 18.4 Å². The lowest BCUT2D eigenvalue weighted by Gasteiger charge is -2.22. The molecule has 0 spiro atoms. The van der Waals surface area contributed by atoms with Gasteiger partial charge in [-0.3, -0.25) is 4.57 Å². The number of rotatable bonds is 7. The zero-order valence-corrected chi connectivity index (χ0v) is 19.4. The fourth-order valence-electron chi connectivity index (χ4n) is 3.77. The number of carbonyl (C=O) groups excluding carboxylic acids is 1. The van der Waals surface area contributed by atoms with Gasteiger partial charge >= 0.3 is 11.7 Å². The minimum Gasteiger partial charge on any atom is -0.352 e. The lowest BCUT2D eigenvalue weighted by Crippen LogP contribution is -2.39. The zero-order chi connectivity index (χ0) is 25.8. The fourth-order valence-corrected chi connectivity index (χ4v) is 3.77. The van der Waals surface area contributed by atoms with Crippen molar-refractivity contribution in [1.82, 2.24) is 34.6 Å². The second-order valence-corrected chi connectivity index (χ2v) is 7.79. The molecule has 1 atom stereocenters. The van der Waals surface area contributed by atoms with Gasteiger partial charge in [0.25, 0.3) is 0 Å². The molecule has 1 aliphatic heterocycles. The Labute approximate surface area is 203 Å². The van der Waals surface area contributed by atoms with E-state index < -0.39 is 29.4 Å². The van der Waals surface area contributed by atoms with Crippen LogP contribution in [-0.2, 0) is 6.54 Å². The molecular formula is C22H22F2N10O2. The van der Waals surface area contributed by atoms with E-state index in [0.29, 0.717) is 24.4 Å². The Bertz CT molecular complexity index is 1430. The third kappa shape index (κ3) is 4.90. The maximum atomic E-state index is 14.3. The summed E-state index contributed by atoms with van der Waals surface area (Å²) < 4.78 is 30.4. The first kappa shape index (κ1) is 24.5. The Morgan fingerprint density at radius 1 is 1.28 bits per heavy atom. The van der Waals surface area contributed by atoms with E-state index in [1.54, 1.807) is 13.8 Å². The second kappa shape index (κ2) is 10.3. The Morgan fingerprint density at radius 2 is 2.08 bits per heavy atom. The van der Waals surface area contributed by atoms with Gasteiger partial charge in [0, 0.05) is 32.3 Å². The number of amides is 2. The average Bonchev–Trinajstić information content (AvgIpc) is 3.46. The molecule has 2 amide bonds. The fraction of sp³-hybridized carbons (Fsp3) is 0.318. The van der Waals surface area contributed by atoms with Crippen molar-refractivity contribution in [3.05, 3.63) is 63.5 Å². The number of hydrazone groups is 1. The molecule has 0 radical (unpaired) electrons. The normalized spacial score (nSPS) is 14.6. The monoisotopic (exact) mass is 496 g/mol. The summed E-state index contributed by atoms with van der Waals surface area (Å²) in [6, 6.07) is 4.72. The molecule has 14 heteroatoms. The largest absolute Gasteiger partial charge is 0.352 e. The van der Waals surface area contributed by atoms with Crippen molar-refractivity contribution in [2.75, 3.05) is 18.4 Å². The molecule has 0 aliphatic carbocycles. The minimum absolute atomic E-state index is 0.0390. The van der Waals surface area contributed by atoms with Crippen molar-refractivity contribution in [2.45, 2.75) is 32.9 Å². The SMILES string of the molecule is CCn1c(C)nn(-c2nc(NCCNC(=O)N3N=CC[C@H]3c3cc(F)cc(C#N)c3)ncc2F)c1=O. The van der Waals surface area contributed by atoms with Crippen LogP contribution in [0.1, 0.15) is 36.3 Å². The van der Waals surface area contributed by atoms with Crippen LogP contribution in [0.15, 0.2) is 34.3 Å². The third-order valence-electron chi connectivity index (χ3n) is 5.45. The molecule has 0 fully saturated rings. The maximum absolute atomic E-state index is 14.3. The Hall–Kier alpha value is -4.67. The van der Waals surface area contributed by atoms with E-state index in [2.05, 4.69) is 30.8 Å². The van der Waals surface area contributed by atoms with E-state index in [-0.39, 0.29) is 30.4 Å². The Morgan fingerprint density at radius 3 is 2.81 bits per heavy atom. The average molecular weight is 496 g/mol. The van der Waals surface area contributed by atoms with Gasteiger partial charge in [0.1, 0.15) is 11.6 Å². The first-order valence-corrected chi connectivity index (χ1v) is 11.1. The van der Waals surface area contributed by atoms with E-state index in [1.165, 1.54) is 27.9 Å². The highest BCUT2D eigenvalue weighted by atomic mass is 19.1. The molecule has 4 rings (SSSR count). The zero-order valence-electron chi connectivity index (χ0n) is 19.4. The molecule has 36 heavy (non-hydrogen) atoms. The van der Waals surface area contributed by atoms with Crippen molar-refractivity contribution in [1.29, 1.82) is 5.26 Å². The molecule has 1 aromatic carbocycles. The number of carbonyl (C=O) groups is 1. The summed E-state index contributed by atoms with van der Waals surface area (Å²) in [5.41, 5.74) is 0.0892. The van der Waals surface area contributed by atoms with Gasteiger partial charge in [0.15, 0.2) is 11.6 Å². The lowest BCUT2D eigenvalue weighted by atomic mass is 10.0. The molecule has 1 aliphatic rings. The van der Waals surface area contributed by atoms with Crippen molar-refractivity contribution in [2.24, 2.45) is 5.10 Å². The molecular weight excluding hydrogens is 474 g/mol. The molecule has 0 bridgehead atoms. The molecule has 186 valence electrons. The van der Waals surface area contributed by atoms with Gasteiger partial charge in [0.05, 0.1) is 23.9 Å². The number of aromatic nitrogens is 5. The van der Waals surface area contributed by atoms with Gasteiger partial charge in [-0.2, -0.15) is 20.0 Å². The molecule has 3 heterocycles. The number of hydrogen-bond donors (Lipinski definition) is 2. The Balaban J connectivity index is 1.37. The molecule has 12 nitrogen and oxygen atoms in total. The summed E-state index contributed by atoms with van der Waals surface area (Å²) in [6.45, 7) is 4.09. The molecule has 0 saturated carbocycles. The number of nitrogens with zero attached hydrogens (tertiary/aromatic N) is 8. The van der Waals surface area contributed by atoms with Crippen LogP contribution in [-0.4, -0.2) is 54.7 Å². The van der Waals surface area contributed by atoms with Crippen LogP contribution >= 0.6 is 0 Å². The molecule has 0 unspecified atom stereocenters. The summed E-state index contributed by atoms with van der Waals surface area (Å²) in [6.07, 6.45) is 2.84. The van der Waals surface area contributed by atoms with Gasteiger partial charge in [-0.1, -0.05) is 0 Å². The predicted octanol–water partition coefficient (Wildman–Crippen LogP) is 1.86. The van der Waals surface area contributed by atoms with Crippen molar-refractivity contribution >= 4 is 18.2 Å². The van der Waals surface area contributed by atoms with Crippen LogP contribution in [0, 0.1) is 29.9 Å². The van der Waals surface area contributed by atoms with Crippen molar-refractivity contribution in [3.63, 3.8) is 0 Å². The number of hydrogen-bond acceptors (Lipinski definition) is 8. The van der Waals surface area contributed by atoms with Crippen LogP contribution in [0.5, 0.6) is 0 Å². The summed E-state index contributed by atoms with van der Waals surface area (Å²) in [4.78, 5) is 33.0. The lowest BCUT2D eigenvalue weighted by molar-refractivity contribution is 0.186. The number of anilines is 1. The number of urea groups is 1. The van der Waals surface area contributed by atoms with Crippen LogP contribution in [0.3, 0.4) is 0 Å². The van der Waals surface area contributed by atoms with Crippen LogP contribution in [0.25, 0.3) is 5.82 Å². The standard InChI is InChI=1S/C22H22F2N10O2/c1-3-32-13(2)31-34(22(32)36)19-17(24)12-28-20(30-19)26-6-7-27-21(35)33-18(4-5-29-33)15-8-14(11-25)9-16(23)10-15/h5,8-10,12,18H,3-4,6-7H2,1-2H3,(H,27,35)(H,26,28,30)/t18-/m0/s1. The molecule has 2 aromatic heterocycles. The first-order valence-electron chi connectivity index (χ1n) is 11.1. The molecule has 3 aromatic rings. The summed E-state index contributed by atoms with van der Waals surface area (Å²) >= 11 is 0. The van der Waals surface area contributed by atoms with E-state index in [1.807, 2.05) is 6.07 Å². The number of aryl methyl sites for hydroxylation is 1. The predicted molar refractivity (Wildman–Crippen MR) is 124 cm³/mol. The highest BCUT2D eigenvalue weighted by Crippen LogP contribution is 2.29. The van der Waals surface area contributed by atoms with Crippen molar-refractivity contribution < 1.29 is 13.6 Å². The molecule has 0 saturated heterocycles. The van der Waals surface area contributed by atoms with Crippen LogP contribution in [0.2, 0.25) is 0 Å². The summed E-state index contributed by atoms with van der Waals surface area (Å²) in [5.74, 6) is -1.22. The quantitative estimate of drug-likeness (QED) is 0.475. The number of benzene rings is 1. The Kier molecular flexibility index (Phi) is 7.00. The van der Waals surface area contributed by atoms with Crippen molar-refractivity contribution in [3.8, 4) is 11.9 Å². The third-order valence-corrected chi connectivity index (χ3v) is 5.45. The molecule has 2 N–H and O–H groups in total. The van der Waals surface area contributed by atoms with Gasteiger partial charge in [0.2, 0.25) is 5.95 Å². The second-order valence-electron chi connectivity index (χ2n) is 7.79. The summed E-state index contributed by atoms with van der Waals surface area (Å²) in [5, 5.41) is 23.9. The van der Waals surface area contributed by atoms with Crippen LogP contribution < -0.4 is 16.3 Å². The first-order chi connectivity index (χ1) is 17.3. The van der Waals surface area contributed by atoms with Crippen LogP contribution in [0.4, 0.5) is 19.5 Å². The highest BCUT2D eigenvalue weighted by molar-refractivity contribution is 5.78.